The zero-order chi connectivity index (χ0) is 6.91. The highest BCUT2D eigenvalue weighted by Crippen LogP contribution is 2.13. The van der Waals surface area contributed by atoms with Gasteiger partial charge in [-0.15, -0.1) is 6.42 Å². The van der Waals surface area contributed by atoms with Crippen molar-refractivity contribution < 1.29 is 12.6 Å². The lowest BCUT2D eigenvalue weighted by molar-refractivity contribution is 0.295. The molecule has 3 nitrogen and oxygen atoms in total. The second-order valence-corrected chi connectivity index (χ2v) is 3.52. The molecule has 1 unspecified atom stereocenters. The predicted octanol–water partition coefficient (Wildman–Crippen LogP) is -0.262. The summed E-state index contributed by atoms with van der Waals surface area (Å²) in [5.74, 6) is 2.28. The fourth-order valence-corrected chi connectivity index (χ4v) is 1.74. The standard InChI is InChI=1S/C5H6O3S/c1-2-5-3-4-9(6,7)8-5/h1,5H,3-4H2. The number of terminal acetylenes is 1. The average Bonchev–Trinajstić information content (AvgIpc) is 2.10. The fourth-order valence-electron chi connectivity index (χ4n) is 0.636. The maximum atomic E-state index is 10.5. The molecule has 1 aliphatic heterocycles. The van der Waals surface area contributed by atoms with Crippen LogP contribution in [-0.4, -0.2) is 20.3 Å². The Morgan fingerprint density at radius 3 is 2.56 bits per heavy atom. The van der Waals surface area contributed by atoms with Crippen molar-refractivity contribution in [1.29, 1.82) is 0 Å². The van der Waals surface area contributed by atoms with Gasteiger partial charge in [0, 0.05) is 6.42 Å². The molecule has 0 bridgehead atoms. The van der Waals surface area contributed by atoms with Crippen molar-refractivity contribution in [1.82, 2.24) is 0 Å². The van der Waals surface area contributed by atoms with E-state index in [9.17, 15) is 8.42 Å². The first-order chi connectivity index (χ1) is 4.14. The summed E-state index contributed by atoms with van der Waals surface area (Å²) in [4.78, 5) is 0. The van der Waals surface area contributed by atoms with Crippen LogP contribution in [0.2, 0.25) is 0 Å². The molecule has 0 N–H and O–H groups in total. The molecule has 1 fully saturated rings. The van der Waals surface area contributed by atoms with Gasteiger partial charge in [-0.2, -0.15) is 8.42 Å². The molecule has 9 heavy (non-hydrogen) atoms. The lowest BCUT2D eigenvalue weighted by atomic mass is 10.3. The van der Waals surface area contributed by atoms with E-state index < -0.39 is 16.2 Å². The van der Waals surface area contributed by atoms with Gasteiger partial charge in [-0.25, -0.2) is 0 Å². The molecule has 0 spiro atoms. The second-order valence-electron chi connectivity index (χ2n) is 1.80. The minimum atomic E-state index is -3.25. The first-order valence-electron chi connectivity index (χ1n) is 2.51. The van der Waals surface area contributed by atoms with Crippen LogP contribution in [0.3, 0.4) is 0 Å². The summed E-state index contributed by atoms with van der Waals surface area (Å²) in [5, 5.41) is 0. The van der Waals surface area contributed by atoms with E-state index in [1.165, 1.54) is 0 Å². The molecular weight excluding hydrogens is 140 g/mol. The molecule has 0 amide bonds. The van der Waals surface area contributed by atoms with Gasteiger partial charge < -0.3 is 0 Å². The molecule has 0 saturated carbocycles. The fraction of sp³-hybridized carbons (Fsp3) is 0.600. The van der Waals surface area contributed by atoms with Crippen LogP contribution in [0.1, 0.15) is 6.42 Å². The Morgan fingerprint density at radius 1 is 1.67 bits per heavy atom. The molecule has 1 aliphatic rings. The van der Waals surface area contributed by atoms with Crippen molar-refractivity contribution in [3.05, 3.63) is 0 Å². The van der Waals surface area contributed by atoms with Gasteiger partial charge in [-0.05, 0) is 0 Å². The van der Waals surface area contributed by atoms with E-state index in [0.717, 1.165) is 0 Å². The van der Waals surface area contributed by atoms with Gasteiger partial charge in [0.15, 0.2) is 0 Å². The number of hydrogen-bond donors (Lipinski definition) is 0. The predicted molar refractivity (Wildman–Crippen MR) is 32.1 cm³/mol. The Bertz CT molecular complexity index is 233. The molecular formula is C5H6O3S. The summed E-state index contributed by atoms with van der Waals surface area (Å²) >= 11 is 0. The van der Waals surface area contributed by atoms with E-state index in [1.54, 1.807) is 0 Å². The van der Waals surface area contributed by atoms with E-state index in [4.69, 9.17) is 6.42 Å². The zero-order valence-electron chi connectivity index (χ0n) is 4.70. The molecule has 1 rings (SSSR count). The third-order valence-electron chi connectivity index (χ3n) is 1.08. The van der Waals surface area contributed by atoms with Crippen LogP contribution in [-0.2, 0) is 14.3 Å². The summed E-state index contributed by atoms with van der Waals surface area (Å²) in [6, 6.07) is 0. The lowest BCUT2D eigenvalue weighted by Gasteiger charge is -1.93. The van der Waals surface area contributed by atoms with Crippen LogP contribution in [0.15, 0.2) is 0 Å². The molecule has 0 aromatic carbocycles. The van der Waals surface area contributed by atoms with E-state index in [2.05, 4.69) is 10.1 Å². The van der Waals surface area contributed by atoms with Crippen LogP contribution in [0.5, 0.6) is 0 Å². The van der Waals surface area contributed by atoms with Gasteiger partial charge in [0.2, 0.25) is 0 Å². The third-order valence-corrected chi connectivity index (χ3v) is 2.34. The monoisotopic (exact) mass is 146 g/mol. The Hall–Kier alpha value is -0.530. The largest absolute Gasteiger partial charge is 0.268 e. The molecule has 1 saturated heterocycles. The molecule has 1 heterocycles. The number of rotatable bonds is 0. The Labute approximate surface area is 54.1 Å². The quantitative estimate of drug-likeness (QED) is 0.349. The minimum Gasteiger partial charge on any atom is -0.254 e. The molecule has 0 radical (unpaired) electrons. The van der Waals surface area contributed by atoms with Crippen LogP contribution in [0, 0.1) is 12.3 Å². The minimum absolute atomic E-state index is 0.0574. The van der Waals surface area contributed by atoms with E-state index >= 15 is 0 Å². The molecule has 0 aliphatic carbocycles. The second kappa shape index (κ2) is 2.01. The SMILES string of the molecule is C#CC1CCS(=O)(=O)O1. The smallest absolute Gasteiger partial charge is 0.254 e. The van der Waals surface area contributed by atoms with Crippen molar-refractivity contribution in [3.8, 4) is 12.3 Å². The number of hydrogen-bond acceptors (Lipinski definition) is 3. The Morgan fingerprint density at radius 2 is 2.33 bits per heavy atom. The summed E-state index contributed by atoms with van der Waals surface area (Å²) in [5.41, 5.74) is 0. The van der Waals surface area contributed by atoms with Gasteiger partial charge in [-0.1, -0.05) is 5.92 Å². The summed E-state index contributed by atoms with van der Waals surface area (Å²) in [7, 11) is -3.25. The Kier molecular flexibility index (Phi) is 1.47. The van der Waals surface area contributed by atoms with Crippen LogP contribution in [0.25, 0.3) is 0 Å². The Balaban J connectivity index is 2.72. The first-order valence-corrected chi connectivity index (χ1v) is 4.09. The summed E-state index contributed by atoms with van der Waals surface area (Å²) in [6.45, 7) is 0. The molecule has 0 aromatic heterocycles. The van der Waals surface area contributed by atoms with Gasteiger partial charge >= 0.3 is 0 Å². The van der Waals surface area contributed by atoms with E-state index in [-0.39, 0.29) is 5.75 Å². The van der Waals surface area contributed by atoms with Crippen molar-refractivity contribution in [2.75, 3.05) is 5.75 Å². The zero-order valence-corrected chi connectivity index (χ0v) is 5.52. The molecule has 1 atom stereocenters. The summed E-state index contributed by atoms with van der Waals surface area (Å²) in [6.07, 6.45) is 4.83. The van der Waals surface area contributed by atoms with E-state index in [1.807, 2.05) is 0 Å². The van der Waals surface area contributed by atoms with Gasteiger partial charge in [0.05, 0.1) is 5.75 Å². The van der Waals surface area contributed by atoms with Crippen molar-refractivity contribution >= 4 is 10.1 Å². The van der Waals surface area contributed by atoms with Crippen molar-refractivity contribution in [2.45, 2.75) is 12.5 Å². The summed E-state index contributed by atoms with van der Waals surface area (Å²) < 4.78 is 25.4. The molecule has 0 aromatic rings. The average molecular weight is 146 g/mol. The van der Waals surface area contributed by atoms with Crippen molar-refractivity contribution in [2.24, 2.45) is 0 Å². The first kappa shape index (κ1) is 6.59. The molecule has 50 valence electrons. The highest BCUT2D eigenvalue weighted by molar-refractivity contribution is 7.86. The van der Waals surface area contributed by atoms with E-state index in [0.29, 0.717) is 6.42 Å². The maximum absolute atomic E-state index is 10.5. The normalized spacial score (nSPS) is 31.7. The van der Waals surface area contributed by atoms with Crippen LogP contribution >= 0.6 is 0 Å². The third kappa shape index (κ3) is 1.44. The van der Waals surface area contributed by atoms with Crippen LogP contribution in [0.4, 0.5) is 0 Å². The highest BCUT2D eigenvalue weighted by Gasteiger charge is 2.26. The highest BCUT2D eigenvalue weighted by atomic mass is 32.2. The van der Waals surface area contributed by atoms with Gasteiger partial charge in [0.1, 0.15) is 6.10 Å². The topological polar surface area (TPSA) is 43.4 Å². The lowest BCUT2D eigenvalue weighted by Crippen LogP contribution is -2.03. The molecule has 4 heteroatoms. The van der Waals surface area contributed by atoms with Crippen LogP contribution < -0.4 is 0 Å². The van der Waals surface area contributed by atoms with Crippen molar-refractivity contribution in [3.63, 3.8) is 0 Å². The maximum Gasteiger partial charge on any atom is 0.268 e. The van der Waals surface area contributed by atoms with Gasteiger partial charge in [0.25, 0.3) is 10.1 Å². The van der Waals surface area contributed by atoms with Gasteiger partial charge in [-0.3, -0.25) is 4.18 Å².